The lowest BCUT2D eigenvalue weighted by Gasteiger charge is -2.34. The maximum Gasteiger partial charge on any atom is 0.129 e. The van der Waals surface area contributed by atoms with Crippen LogP contribution in [0.25, 0.3) is 0 Å². The highest BCUT2D eigenvalue weighted by Gasteiger charge is 2.33. The van der Waals surface area contributed by atoms with Gasteiger partial charge in [-0.3, -0.25) is 0 Å². The maximum atomic E-state index is 5.99. The van der Waals surface area contributed by atoms with Crippen LogP contribution in [0.1, 0.15) is 18.1 Å². The zero-order chi connectivity index (χ0) is 16.5. The molecule has 1 aromatic carbocycles. The number of ether oxygens (including phenoxy) is 1. The number of halogens is 2. The van der Waals surface area contributed by atoms with Gasteiger partial charge in [-0.25, -0.2) is 4.98 Å². The van der Waals surface area contributed by atoms with E-state index in [1.54, 1.807) is 7.11 Å². The van der Waals surface area contributed by atoms with E-state index in [4.69, 9.17) is 16.3 Å². The van der Waals surface area contributed by atoms with E-state index in [0.29, 0.717) is 0 Å². The summed E-state index contributed by atoms with van der Waals surface area (Å²) in [6.07, 6.45) is 10.4. The van der Waals surface area contributed by atoms with Crippen LogP contribution in [0.5, 0.6) is 0 Å². The molecule has 1 aliphatic rings. The zero-order valence-corrected chi connectivity index (χ0v) is 15.3. The summed E-state index contributed by atoms with van der Waals surface area (Å²) in [5.41, 5.74) is 1.41. The van der Waals surface area contributed by atoms with Crippen molar-refractivity contribution < 1.29 is 4.74 Å². The molecule has 0 bridgehead atoms. The quantitative estimate of drug-likeness (QED) is 0.515. The van der Waals surface area contributed by atoms with Gasteiger partial charge in [0.2, 0.25) is 0 Å². The van der Waals surface area contributed by atoms with E-state index in [9.17, 15) is 0 Å². The SMILES string of the molecule is COC1(c2ccc(Cl)cc2)C=CC(C)(c2ccc(Br)nc2)C=C1. The summed E-state index contributed by atoms with van der Waals surface area (Å²) in [4.78, 5) is 4.33. The van der Waals surface area contributed by atoms with Gasteiger partial charge in [0.25, 0.3) is 0 Å². The number of aromatic nitrogens is 1. The third-order valence-electron chi connectivity index (χ3n) is 4.34. The van der Waals surface area contributed by atoms with Crippen molar-refractivity contribution in [1.82, 2.24) is 4.98 Å². The second-order valence-corrected chi connectivity index (χ2v) is 7.07. The molecule has 23 heavy (non-hydrogen) atoms. The molecule has 2 aromatic rings. The van der Waals surface area contributed by atoms with Crippen LogP contribution in [0.15, 0.2) is 71.5 Å². The first-order chi connectivity index (χ1) is 11.0. The first kappa shape index (κ1) is 16.4. The first-order valence-electron chi connectivity index (χ1n) is 7.31. The minimum absolute atomic E-state index is 0.206. The largest absolute Gasteiger partial charge is 0.365 e. The number of benzene rings is 1. The number of allylic oxidation sites excluding steroid dienone is 2. The number of methoxy groups -OCH3 is 1. The minimum atomic E-state index is -0.563. The van der Waals surface area contributed by atoms with Gasteiger partial charge in [0.1, 0.15) is 10.2 Å². The van der Waals surface area contributed by atoms with Crippen LogP contribution in [0, 0.1) is 0 Å². The Morgan fingerprint density at radius 1 is 0.957 bits per heavy atom. The average Bonchev–Trinajstić information content (AvgIpc) is 2.57. The Hall–Kier alpha value is -1.42. The molecule has 0 amide bonds. The van der Waals surface area contributed by atoms with Gasteiger partial charge < -0.3 is 4.74 Å². The molecule has 0 fully saturated rings. The summed E-state index contributed by atoms with van der Waals surface area (Å²) in [6, 6.07) is 11.8. The van der Waals surface area contributed by atoms with Crippen LogP contribution < -0.4 is 0 Å². The van der Waals surface area contributed by atoms with E-state index >= 15 is 0 Å². The molecular weight excluding hydrogens is 374 g/mol. The van der Waals surface area contributed by atoms with Crippen LogP contribution in [0.3, 0.4) is 0 Å². The molecule has 0 radical (unpaired) electrons. The number of nitrogens with zero attached hydrogens (tertiary/aromatic N) is 1. The molecule has 3 rings (SSSR count). The summed E-state index contributed by atoms with van der Waals surface area (Å²) < 4.78 is 6.65. The van der Waals surface area contributed by atoms with Crippen molar-refractivity contribution in [2.75, 3.05) is 7.11 Å². The molecule has 1 heterocycles. The molecule has 1 aromatic heterocycles. The van der Waals surface area contributed by atoms with Crippen LogP contribution in [0.2, 0.25) is 5.02 Å². The van der Waals surface area contributed by atoms with E-state index < -0.39 is 5.60 Å². The second kappa shape index (κ2) is 6.23. The predicted octanol–water partition coefficient (Wildman–Crippen LogP) is 5.42. The van der Waals surface area contributed by atoms with Crippen LogP contribution in [-0.2, 0) is 15.8 Å². The normalized spacial score (nSPS) is 26.4. The number of rotatable bonds is 3. The fraction of sp³-hybridized carbons (Fsp3) is 0.211. The predicted molar refractivity (Wildman–Crippen MR) is 97.7 cm³/mol. The van der Waals surface area contributed by atoms with Gasteiger partial charge in [0, 0.05) is 23.7 Å². The fourth-order valence-electron chi connectivity index (χ4n) is 2.75. The third-order valence-corrected chi connectivity index (χ3v) is 5.06. The molecule has 0 unspecified atom stereocenters. The average molecular weight is 391 g/mol. The van der Waals surface area contributed by atoms with E-state index in [2.05, 4.69) is 58.2 Å². The van der Waals surface area contributed by atoms with E-state index in [0.717, 1.165) is 20.8 Å². The Morgan fingerprint density at radius 3 is 2.09 bits per heavy atom. The van der Waals surface area contributed by atoms with Gasteiger partial charge in [-0.2, -0.15) is 0 Å². The molecule has 4 heteroatoms. The molecule has 0 N–H and O–H groups in total. The number of pyridine rings is 1. The van der Waals surface area contributed by atoms with Crippen LogP contribution in [0.4, 0.5) is 0 Å². The number of hydrogen-bond acceptors (Lipinski definition) is 2. The van der Waals surface area contributed by atoms with Crippen LogP contribution in [-0.4, -0.2) is 12.1 Å². The molecule has 0 aliphatic heterocycles. The summed E-state index contributed by atoms with van der Waals surface area (Å²) in [7, 11) is 1.72. The number of hydrogen-bond donors (Lipinski definition) is 0. The summed E-state index contributed by atoms with van der Waals surface area (Å²) in [6.45, 7) is 2.16. The Labute approximate surface area is 150 Å². The van der Waals surface area contributed by atoms with E-state index in [1.807, 2.05) is 36.5 Å². The fourth-order valence-corrected chi connectivity index (χ4v) is 3.11. The Balaban J connectivity index is 1.96. The smallest absolute Gasteiger partial charge is 0.129 e. The molecule has 0 spiro atoms. The van der Waals surface area contributed by atoms with Gasteiger partial charge in [0.15, 0.2) is 0 Å². The molecule has 0 atom stereocenters. The summed E-state index contributed by atoms with van der Waals surface area (Å²) >= 11 is 9.36. The van der Waals surface area contributed by atoms with Crippen molar-refractivity contribution in [2.24, 2.45) is 0 Å². The Kier molecular flexibility index (Phi) is 4.45. The van der Waals surface area contributed by atoms with Gasteiger partial charge in [-0.1, -0.05) is 42.0 Å². The highest BCUT2D eigenvalue weighted by atomic mass is 79.9. The molecule has 1 aliphatic carbocycles. The monoisotopic (exact) mass is 389 g/mol. The van der Waals surface area contributed by atoms with Gasteiger partial charge in [-0.05, 0) is 64.3 Å². The third kappa shape index (κ3) is 3.14. The van der Waals surface area contributed by atoms with E-state index in [-0.39, 0.29) is 5.41 Å². The van der Waals surface area contributed by atoms with Crippen LogP contribution >= 0.6 is 27.5 Å². The topological polar surface area (TPSA) is 22.1 Å². The van der Waals surface area contributed by atoms with Crippen molar-refractivity contribution >= 4 is 27.5 Å². The molecule has 0 saturated carbocycles. The first-order valence-corrected chi connectivity index (χ1v) is 8.49. The second-order valence-electron chi connectivity index (χ2n) is 5.82. The molecule has 2 nitrogen and oxygen atoms in total. The summed E-state index contributed by atoms with van der Waals surface area (Å²) in [5, 5.41) is 0.717. The highest BCUT2D eigenvalue weighted by molar-refractivity contribution is 9.10. The standard InChI is InChI=1S/C19H17BrClNO/c1-18(15-5-8-17(20)22-13-15)9-11-19(23-2,12-10-18)14-3-6-16(21)7-4-14/h3-13H,1-2H3. The Bertz CT molecular complexity index is 736. The van der Waals surface area contributed by atoms with Gasteiger partial charge in [0.05, 0.1) is 0 Å². The van der Waals surface area contributed by atoms with Gasteiger partial charge >= 0.3 is 0 Å². The lowest BCUT2D eigenvalue weighted by molar-refractivity contribution is 0.0699. The van der Waals surface area contributed by atoms with Crippen molar-refractivity contribution in [1.29, 1.82) is 0 Å². The van der Waals surface area contributed by atoms with Crippen molar-refractivity contribution in [3.8, 4) is 0 Å². The van der Waals surface area contributed by atoms with Crippen molar-refractivity contribution in [3.05, 3.63) is 87.7 Å². The molecule has 118 valence electrons. The maximum absolute atomic E-state index is 5.99. The zero-order valence-electron chi connectivity index (χ0n) is 13.0. The summed E-state index contributed by atoms with van der Waals surface area (Å²) in [5.74, 6) is 0. The highest BCUT2D eigenvalue weighted by Crippen LogP contribution is 2.39. The van der Waals surface area contributed by atoms with Gasteiger partial charge in [-0.15, -0.1) is 0 Å². The lowest BCUT2D eigenvalue weighted by Crippen LogP contribution is -2.30. The van der Waals surface area contributed by atoms with Crippen molar-refractivity contribution in [2.45, 2.75) is 17.9 Å². The van der Waals surface area contributed by atoms with Crippen molar-refractivity contribution in [3.63, 3.8) is 0 Å². The molecule has 0 saturated heterocycles. The Morgan fingerprint density at radius 2 is 1.57 bits per heavy atom. The lowest BCUT2D eigenvalue weighted by atomic mass is 9.75. The van der Waals surface area contributed by atoms with E-state index in [1.165, 1.54) is 0 Å². The molecular formula is C19H17BrClNO. The minimum Gasteiger partial charge on any atom is -0.365 e.